The second-order valence-corrected chi connectivity index (χ2v) is 5.05. The first-order valence-corrected chi connectivity index (χ1v) is 6.40. The molecule has 1 aliphatic heterocycles. The minimum absolute atomic E-state index is 0. The number of likely N-dealkylation sites (tertiary alicyclic amines) is 1. The van der Waals surface area contributed by atoms with Crippen molar-refractivity contribution in [2.75, 3.05) is 27.2 Å². The van der Waals surface area contributed by atoms with Crippen molar-refractivity contribution in [3.63, 3.8) is 0 Å². The van der Waals surface area contributed by atoms with Gasteiger partial charge in [0.05, 0.1) is 0 Å². The molecule has 6 heteroatoms. The smallest absolute Gasteiger partial charge is 0.222 e. The highest BCUT2D eigenvalue weighted by molar-refractivity contribution is 14.0. The Morgan fingerprint density at radius 2 is 2.17 bits per heavy atom. The Labute approximate surface area is 126 Å². The Bertz CT molecular complexity index is 317. The zero-order chi connectivity index (χ0) is 12.3. The molecule has 1 saturated carbocycles. The molecule has 18 heavy (non-hydrogen) atoms. The lowest BCUT2D eigenvalue weighted by molar-refractivity contribution is -0.133. The van der Waals surface area contributed by atoms with Crippen LogP contribution in [0.2, 0.25) is 0 Å². The molecule has 2 N–H and O–H groups in total. The molecule has 1 heterocycles. The summed E-state index contributed by atoms with van der Waals surface area (Å²) < 4.78 is 0. The van der Waals surface area contributed by atoms with Gasteiger partial charge in [-0.3, -0.25) is 9.79 Å². The molecule has 1 atom stereocenters. The van der Waals surface area contributed by atoms with E-state index in [0.717, 1.165) is 25.5 Å². The van der Waals surface area contributed by atoms with Crippen LogP contribution >= 0.6 is 24.0 Å². The molecule has 5 nitrogen and oxygen atoms in total. The van der Waals surface area contributed by atoms with E-state index in [0.29, 0.717) is 18.4 Å². The number of nitrogens with zero attached hydrogens (tertiary/aromatic N) is 2. The fourth-order valence-electron chi connectivity index (χ4n) is 2.04. The molecule has 1 saturated heterocycles. The number of rotatable bonds is 3. The van der Waals surface area contributed by atoms with Gasteiger partial charge >= 0.3 is 0 Å². The van der Waals surface area contributed by atoms with Crippen LogP contribution in [0.15, 0.2) is 4.99 Å². The van der Waals surface area contributed by atoms with Crippen molar-refractivity contribution < 1.29 is 4.79 Å². The minimum Gasteiger partial charge on any atom is -0.356 e. The predicted molar refractivity (Wildman–Crippen MR) is 83.3 cm³/mol. The Balaban J connectivity index is 0.00000162. The largest absolute Gasteiger partial charge is 0.356 e. The van der Waals surface area contributed by atoms with Gasteiger partial charge < -0.3 is 15.5 Å². The van der Waals surface area contributed by atoms with Crippen LogP contribution in [0.5, 0.6) is 0 Å². The van der Waals surface area contributed by atoms with E-state index in [1.54, 1.807) is 7.05 Å². The van der Waals surface area contributed by atoms with Crippen LogP contribution in [-0.2, 0) is 4.79 Å². The first kappa shape index (κ1) is 15.5. The fraction of sp³-hybridized carbons (Fsp3) is 0.833. The van der Waals surface area contributed by atoms with Gasteiger partial charge in [0.25, 0.3) is 0 Å². The molecule has 1 unspecified atom stereocenters. The standard InChI is InChI=1S/C12H22N4O.HI/c1-13-12(15-10-3-4-10)14-8-9-5-6-16(2)11(17)7-9;/h9-10H,3-8H2,1-2H3,(H2,13,14,15);1H. The van der Waals surface area contributed by atoms with Gasteiger partial charge in [-0.1, -0.05) is 0 Å². The van der Waals surface area contributed by atoms with Crippen molar-refractivity contribution in [2.45, 2.75) is 31.7 Å². The Kier molecular flexibility index (Phi) is 6.17. The summed E-state index contributed by atoms with van der Waals surface area (Å²) in [4.78, 5) is 17.6. The van der Waals surface area contributed by atoms with E-state index in [1.807, 2.05) is 11.9 Å². The third-order valence-corrected chi connectivity index (χ3v) is 3.46. The Morgan fingerprint density at radius 3 is 2.72 bits per heavy atom. The Hall–Kier alpha value is -0.530. The maximum absolute atomic E-state index is 11.6. The second kappa shape index (κ2) is 7.16. The van der Waals surface area contributed by atoms with Crippen molar-refractivity contribution in [1.29, 1.82) is 0 Å². The minimum atomic E-state index is 0. The van der Waals surface area contributed by atoms with Crippen LogP contribution in [0.3, 0.4) is 0 Å². The summed E-state index contributed by atoms with van der Waals surface area (Å²) in [6.45, 7) is 1.71. The zero-order valence-corrected chi connectivity index (χ0v) is 13.4. The molecule has 0 aromatic rings. The van der Waals surface area contributed by atoms with E-state index in [9.17, 15) is 4.79 Å². The predicted octanol–water partition coefficient (Wildman–Crippen LogP) is 0.800. The number of carbonyl (C=O) groups excluding carboxylic acids is 1. The van der Waals surface area contributed by atoms with Gasteiger partial charge in [-0.2, -0.15) is 0 Å². The Morgan fingerprint density at radius 1 is 1.44 bits per heavy atom. The quantitative estimate of drug-likeness (QED) is 0.442. The van der Waals surface area contributed by atoms with E-state index in [4.69, 9.17) is 0 Å². The van der Waals surface area contributed by atoms with Crippen molar-refractivity contribution in [3.05, 3.63) is 0 Å². The van der Waals surface area contributed by atoms with Crippen molar-refractivity contribution in [1.82, 2.24) is 15.5 Å². The molecule has 1 amide bonds. The lowest BCUT2D eigenvalue weighted by atomic mass is 9.96. The molecule has 0 bridgehead atoms. The normalized spacial score (nSPS) is 24.6. The van der Waals surface area contributed by atoms with Crippen LogP contribution < -0.4 is 10.6 Å². The van der Waals surface area contributed by atoms with Crippen LogP contribution in [0.1, 0.15) is 25.7 Å². The molecular weight excluding hydrogens is 343 g/mol. The third kappa shape index (κ3) is 4.62. The summed E-state index contributed by atoms with van der Waals surface area (Å²) in [5, 5.41) is 6.66. The average molecular weight is 366 g/mol. The van der Waals surface area contributed by atoms with Crippen LogP contribution in [-0.4, -0.2) is 50.0 Å². The maximum atomic E-state index is 11.6. The zero-order valence-electron chi connectivity index (χ0n) is 11.1. The van der Waals surface area contributed by atoms with Crippen LogP contribution in [0, 0.1) is 5.92 Å². The molecule has 1 aliphatic carbocycles. The summed E-state index contributed by atoms with van der Waals surface area (Å²) in [6, 6.07) is 0.611. The van der Waals surface area contributed by atoms with E-state index in [1.165, 1.54) is 12.8 Å². The molecule has 2 fully saturated rings. The molecule has 2 aliphatic rings. The number of amides is 1. The molecule has 0 aromatic heterocycles. The van der Waals surface area contributed by atoms with Gasteiger partial charge in [0.2, 0.25) is 5.91 Å². The highest BCUT2D eigenvalue weighted by atomic mass is 127. The highest BCUT2D eigenvalue weighted by Crippen LogP contribution is 2.19. The number of hydrogen-bond donors (Lipinski definition) is 2. The third-order valence-electron chi connectivity index (χ3n) is 3.46. The number of piperidine rings is 1. The lowest BCUT2D eigenvalue weighted by Gasteiger charge is -2.29. The summed E-state index contributed by atoms with van der Waals surface area (Å²) in [5.41, 5.74) is 0. The van der Waals surface area contributed by atoms with Crippen LogP contribution in [0.25, 0.3) is 0 Å². The number of nitrogens with one attached hydrogen (secondary N) is 2. The van der Waals surface area contributed by atoms with Crippen molar-refractivity contribution in [3.8, 4) is 0 Å². The van der Waals surface area contributed by atoms with Gasteiger partial charge in [0, 0.05) is 39.6 Å². The van der Waals surface area contributed by atoms with Gasteiger partial charge in [-0.05, 0) is 25.2 Å². The number of guanidine groups is 1. The summed E-state index contributed by atoms with van der Waals surface area (Å²) in [6.07, 6.45) is 4.22. The van der Waals surface area contributed by atoms with Gasteiger partial charge in [0.1, 0.15) is 0 Å². The van der Waals surface area contributed by atoms with Gasteiger partial charge in [-0.25, -0.2) is 0 Å². The molecule has 0 radical (unpaired) electrons. The number of hydrogen-bond acceptors (Lipinski definition) is 2. The average Bonchev–Trinajstić information content (AvgIpc) is 3.12. The first-order chi connectivity index (χ1) is 8.19. The number of halogens is 1. The van der Waals surface area contributed by atoms with E-state index >= 15 is 0 Å². The van der Waals surface area contributed by atoms with Crippen molar-refractivity contribution >= 4 is 35.8 Å². The van der Waals surface area contributed by atoms with E-state index < -0.39 is 0 Å². The molecule has 0 spiro atoms. The number of aliphatic imine (C=N–C) groups is 1. The highest BCUT2D eigenvalue weighted by Gasteiger charge is 2.25. The topological polar surface area (TPSA) is 56.7 Å². The van der Waals surface area contributed by atoms with Gasteiger partial charge in [0.15, 0.2) is 5.96 Å². The fourth-order valence-corrected chi connectivity index (χ4v) is 2.04. The van der Waals surface area contributed by atoms with E-state index in [-0.39, 0.29) is 29.9 Å². The van der Waals surface area contributed by atoms with Gasteiger partial charge in [-0.15, -0.1) is 24.0 Å². The second-order valence-electron chi connectivity index (χ2n) is 5.05. The molecule has 2 rings (SSSR count). The van der Waals surface area contributed by atoms with Crippen molar-refractivity contribution in [2.24, 2.45) is 10.9 Å². The number of carbonyl (C=O) groups is 1. The van der Waals surface area contributed by atoms with Crippen LogP contribution in [0.4, 0.5) is 0 Å². The molecular formula is C12H23IN4O. The van der Waals surface area contributed by atoms with E-state index in [2.05, 4.69) is 15.6 Å². The lowest BCUT2D eigenvalue weighted by Crippen LogP contribution is -2.44. The SMILES string of the molecule is CN=C(NCC1CCN(C)C(=O)C1)NC1CC1.I. The maximum Gasteiger partial charge on any atom is 0.222 e. The monoisotopic (exact) mass is 366 g/mol. The summed E-state index contributed by atoms with van der Waals surface area (Å²) >= 11 is 0. The summed E-state index contributed by atoms with van der Waals surface area (Å²) in [5.74, 6) is 1.57. The first-order valence-electron chi connectivity index (χ1n) is 6.40. The molecule has 104 valence electrons. The summed E-state index contributed by atoms with van der Waals surface area (Å²) in [7, 11) is 3.66. The molecule has 0 aromatic carbocycles.